The molecule has 1 atom stereocenters. The number of hydrogen-bond acceptors (Lipinski definition) is 2. The third-order valence-electron chi connectivity index (χ3n) is 2.66. The lowest BCUT2D eigenvalue weighted by Crippen LogP contribution is -2.20. The van der Waals surface area contributed by atoms with Crippen molar-refractivity contribution in [1.82, 2.24) is 5.32 Å². The molecular formula is C13H20ClNO. The van der Waals surface area contributed by atoms with Crippen molar-refractivity contribution in [2.75, 3.05) is 13.2 Å². The van der Waals surface area contributed by atoms with Crippen LogP contribution >= 0.6 is 11.6 Å². The fourth-order valence-electron chi connectivity index (χ4n) is 1.67. The molecule has 0 saturated carbocycles. The molecule has 0 spiro atoms. The molecule has 0 aromatic heterocycles. The van der Waals surface area contributed by atoms with Crippen LogP contribution in [0.25, 0.3) is 0 Å². The van der Waals surface area contributed by atoms with Gasteiger partial charge in [0.1, 0.15) is 0 Å². The highest BCUT2D eigenvalue weighted by Crippen LogP contribution is 2.21. The molecule has 1 aromatic rings. The molecule has 0 radical (unpaired) electrons. The third-order valence-corrected chi connectivity index (χ3v) is 3.00. The first kappa shape index (κ1) is 13.5. The van der Waals surface area contributed by atoms with E-state index in [0.717, 1.165) is 36.4 Å². The maximum absolute atomic E-state index is 8.65. The van der Waals surface area contributed by atoms with Gasteiger partial charge in [-0.2, -0.15) is 0 Å². The predicted octanol–water partition coefficient (Wildman–Crippen LogP) is 3.15. The van der Waals surface area contributed by atoms with E-state index in [1.165, 1.54) is 0 Å². The van der Waals surface area contributed by atoms with Gasteiger partial charge in [-0.05, 0) is 44.4 Å². The van der Waals surface area contributed by atoms with Gasteiger partial charge in [-0.1, -0.05) is 29.8 Å². The van der Waals surface area contributed by atoms with Crippen LogP contribution in [0.5, 0.6) is 0 Å². The van der Waals surface area contributed by atoms with Crippen molar-refractivity contribution in [3.8, 4) is 0 Å². The zero-order valence-corrected chi connectivity index (χ0v) is 10.5. The Balaban J connectivity index is 2.30. The Bertz CT molecular complexity index is 304. The van der Waals surface area contributed by atoms with Crippen LogP contribution in [0, 0.1) is 0 Å². The monoisotopic (exact) mass is 241 g/mol. The van der Waals surface area contributed by atoms with Crippen molar-refractivity contribution in [3.05, 3.63) is 34.9 Å². The third kappa shape index (κ3) is 4.52. The molecule has 0 bridgehead atoms. The number of aliphatic hydroxyl groups excluding tert-OH is 1. The fourth-order valence-corrected chi connectivity index (χ4v) is 1.97. The maximum Gasteiger partial charge on any atom is 0.0453 e. The largest absolute Gasteiger partial charge is 0.396 e. The smallest absolute Gasteiger partial charge is 0.0453 e. The van der Waals surface area contributed by atoms with Crippen LogP contribution in [0.15, 0.2) is 24.3 Å². The Kier molecular flexibility index (Phi) is 6.46. The molecule has 16 heavy (non-hydrogen) atoms. The number of nitrogens with one attached hydrogen (secondary N) is 1. The lowest BCUT2D eigenvalue weighted by atomic mass is 10.1. The van der Waals surface area contributed by atoms with E-state index in [1.807, 2.05) is 24.3 Å². The van der Waals surface area contributed by atoms with Gasteiger partial charge in [-0.15, -0.1) is 0 Å². The molecule has 0 amide bonds. The van der Waals surface area contributed by atoms with Gasteiger partial charge >= 0.3 is 0 Å². The summed E-state index contributed by atoms with van der Waals surface area (Å²) in [6, 6.07) is 8.20. The first-order valence-electron chi connectivity index (χ1n) is 5.84. The van der Waals surface area contributed by atoms with Crippen LogP contribution in [-0.2, 0) is 0 Å². The van der Waals surface area contributed by atoms with Gasteiger partial charge < -0.3 is 10.4 Å². The van der Waals surface area contributed by atoms with Gasteiger partial charge in [0.05, 0.1) is 0 Å². The van der Waals surface area contributed by atoms with Gasteiger partial charge in [0.25, 0.3) is 0 Å². The quantitative estimate of drug-likeness (QED) is 0.719. The zero-order chi connectivity index (χ0) is 11.8. The minimum Gasteiger partial charge on any atom is -0.396 e. The Labute approximate surface area is 103 Å². The second-order valence-corrected chi connectivity index (χ2v) is 4.39. The van der Waals surface area contributed by atoms with E-state index in [-0.39, 0.29) is 6.04 Å². The number of halogens is 1. The molecular weight excluding hydrogens is 222 g/mol. The lowest BCUT2D eigenvalue weighted by molar-refractivity contribution is 0.282. The summed E-state index contributed by atoms with van der Waals surface area (Å²) < 4.78 is 0. The van der Waals surface area contributed by atoms with Gasteiger partial charge in [0, 0.05) is 17.7 Å². The molecule has 1 rings (SSSR count). The molecule has 2 N–H and O–H groups in total. The number of hydrogen-bond donors (Lipinski definition) is 2. The summed E-state index contributed by atoms with van der Waals surface area (Å²) in [6.45, 7) is 3.37. The number of benzene rings is 1. The van der Waals surface area contributed by atoms with Crippen molar-refractivity contribution in [2.24, 2.45) is 0 Å². The van der Waals surface area contributed by atoms with Crippen LogP contribution < -0.4 is 5.32 Å². The molecule has 0 fully saturated rings. The normalized spacial score (nSPS) is 12.7. The van der Waals surface area contributed by atoms with Crippen LogP contribution in [0.2, 0.25) is 5.02 Å². The van der Waals surface area contributed by atoms with Crippen molar-refractivity contribution in [1.29, 1.82) is 0 Å². The first-order chi connectivity index (χ1) is 7.75. The summed E-state index contributed by atoms with van der Waals surface area (Å²) >= 11 is 6.11. The van der Waals surface area contributed by atoms with E-state index in [2.05, 4.69) is 12.2 Å². The average Bonchev–Trinajstić information content (AvgIpc) is 2.29. The van der Waals surface area contributed by atoms with E-state index in [0.29, 0.717) is 6.61 Å². The zero-order valence-electron chi connectivity index (χ0n) is 9.75. The summed E-state index contributed by atoms with van der Waals surface area (Å²) in [5.41, 5.74) is 1.14. The topological polar surface area (TPSA) is 32.3 Å². The van der Waals surface area contributed by atoms with Crippen molar-refractivity contribution < 1.29 is 5.11 Å². The molecule has 0 aliphatic carbocycles. The van der Waals surface area contributed by atoms with Gasteiger partial charge in [-0.25, -0.2) is 0 Å². The minimum absolute atomic E-state index is 0.280. The molecule has 2 nitrogen and oxygen atoms in total. The van der Waals surface area contributed by atoms with Crippen LogP contribution in [0.4, 0.5) is 0 Å². The van der Waals surface area contributed by atoms with E-state index < -0.39 is 0 Å². The first-order valence-corrected chi connectivity index (χ1v) is 6.22. The van der Waals surface area contributed by atoms with Crippen molar-refractivity contribution >= 4 is 11.6 Å². The van der Waals surface area contributed by atoms with Crippen LogP contribution in [0.3, 0.4) is 0 Å². The van der Waals surface area contributed by atoms with Crippen molar-refractivity contribution in [3.63, 3.8) is 0 Å². The molecule has 90 valence electrons. The van der Waals surface area contributed by atoms with Gasteiger partial charge in [-0.3, -0.25) is 0 Å². The Morgan fingerprint density at radius 2 is 2.00 bits per heavy atom. The Morgan fingerprint density at radius 1 is 1.25 bits per heavy atom. The molecule has 0 aliphatic heterocycles. The number of unbranched alkanes of at least 4 members (excludes halogenated alkanes) is 2. The van der Waals surface area contributed by atoms with E-state index in [4.69, 9.17) is 16.7 Å². The summed E-state index contributed by atoms with van der Waals surface area (Å²) in [5, 5.41) is 12.9. The van der Waals surface area contributed by atoms with Crippen LogP contribution in [0.1, 0.15) is 37.8 Å². The molecule has 0 aliphatic rings. The maximum atomic E-state index is 8.65. The summed E-state index contributed by atoms with van der Waals surface area (Å²) in [6.07, 6.45) is 3.05. The standard InChI is InChI=1S/C13H20ClNO/c1-11(15-9-5-2-6-10-16)12-7-3-4-8-13(12)14/h3-4,7-8,11,15-16H,2,5-6,9-10H2,1H3. The molecule has 3 heteroatoms. The SMILES string of the molecule is CC(NCCCCCO)c1ccccc1Cl. The second-order valence-electron chi connectivity index (χ2n) is 3.98. The minimum atomic E-state index is 0.280. The van der Waals surface area contributed by atoms with E-state index in [9.17, 15) is 0 Å². The molecule has 0 heterocycles. The summed E-state index contributed by atoms with van der Waals surface area (Å²) in [5.74, 6) is 0. The number of aliphatic hydroxyl groups is 1. The second kappa shape index (κ2) is 7.66. The van der Waals surface area contributed by atoms with Crippen LogP contribution in [-0.4, -0.2) is 18.3 Å². The Hall–Kier alpha value is -0.570. The highest BCUT2D eigenvalue weighted by atomic mass is 35.5. The van der Waals surface area contributed by atoms with Gasteiger partial charge in [0.2, 0.25) is 0 Å². The predicted molar refractivity (Wildman–Crippen MR) is 68.8 cm³/mol. The summed E-state index contributed by atoms with van der Waals surface area (Å²) in [4.78, 5) is 0. The molecule has 0 saturated heterocycles. The molecule has 1 unspecified atom stereocenters. The van der Waals surface area contributed by atoms with E-state index >= 15 is 0 Å². The lowest BCUT2D eigenvalue weighted by Gasteiger charge is -2.15. The van der Waals surface area contributed by atoms with Gasteiger partial charge in [0.15, 0.2) is 0 Å². The fraction of sp³-hybridized carbons (Fsp3) is 0.538. The molecule has 1 aromatic carbocycles. The highest BCUT2D eigenvalue weighted by Gasteiger charge is 2.07. The average molecular weight is 242 g/mol. The number of rotatable bonds is 7. The highest BCUT2D eigenvalue weighted by molar-refractivity contribution is 6.31. The summed E-state index contributed by atoms with van der Waals surface area (Å²) in [7, 11) is 0. The van der Waals surface area contributed by atoms with Crippen molar-refractivity contribution in [2.45, 2.75) is 32.2 Å². The van der Waals surface area contributed by atoms with E-state index in [1.54, 1.807) is 0 Å². The Morgan fingerprint density at radius 3 is 2.69 bits per heavy atom.